The lowest BCUT2D eigenvalue weighted by Crippen LogP contribution is -2.32. The van der Waals surface area contributed by atoms with Crippen molar-refractivity contribution in [2.75, 3.05) is 46.9 Å². The molecule has 54 heavy (non-hydrogen) atoms. The van der Waals surface area contributed by atoms with E-state index in [9.17, 15) is 9.59 Å². The van der Waals surface area contributed by atoms with Crippen LogP contribution in [0.1, 0.15) is 227 Å². The highest BCUT2D eigenvalue weighted by Gasteiger charge is 2.07. The van der Waals surface area contributed by atoms with E-state index in [4.69, 9.17) is 9.47 Å². The molecule has 0 aromatic rings. The minimum absolute atomic E-state index is 0.0227. The van der Waals surface area contributed by atoms with Crippen LogP contribution in [0.15, 0.2) is 12.3 Å². The molecule has 0 aromatic carbocycles. The lowest BCUT2D eigenvalue weighted by molar-refractivity contribution is -0.144. The zero-order valence-electron chi connectivity index (χ0n) is 37.3. The second kappa shape index (κ2) is 45.8. The molecule has 0 aliphatic carbocycles. The number of nitrogens with zero attached hydrogens (tertiary/aromatic N) is 1. The van der Waals surface area contributed by atoms with Gasteiger partial charge in [0, 0.05) is 25.3 Å². The molecule has 1 unspecified atom stereocenters. The maximum absolute atomic E-state index is 11.9. The quantitative estimate of drug-likeness (QED) is 0.0366. The van der Waals surface area contributed by atoms with Gasteiger partial charge in [-0.15, -0.1) is 0 Å². The van der Waals surface area contributed by atoms with E-state index in [2.05, 4.69) is 57.0 Å². The van der Waals surface area contributed by atoms with Crippen molar-refractivity contribution in [3.8, 4) is 0 Å². The van der Waals surface area contributed by atoms with Gasteiger partial charge in [0.15, 0.2) is 0 Å². The number of unbranched alkanes of at least 4 members (excludes halogenated alkanes) is 24. The van der Waals surface area contributed by atoms with Gasteiger partial charge in [0.05, 0.1) is 18.9 Å². The molecule has 0 radical (unpaired) electrons. The number of hydrogen-bond acceptors (Lipinski definition) is 6. The Balaban J connectivity index is 0. The summed E-state index contributed by atoms with van der Waals surface area (Å²) in [5, 5.41) is 6.29. The van der Waals surface area contributed by atoms with Crippen molar-refractivity contribution in [1.82, 2.24) is 15.5 Å². The third-order valence-corrected chi connectivity index (χ3v) is 10.2. The summed E-state index contributed by atoms with van der Waals surface area (Å²) in [6.07, 6.45) is 39.1. The standard InChI is InChI=1S/C28H57N3O3.C19H38O/c1-5-6-7-8-9-10-11-12-13-14-15-16-17-19-28(33)34-25-23-30-27(32)21-20-26(2)29-22-18-24-31(3)4;1-4-6-7-8-9-10-11-12-13-14-15-16-17-18-19(3)20-5-2/h26,29H,5-25H2,1-4H3,(H,30,32);3-18H2,1-2H3. The molecule has 7 nitrogen and oxygen atoms in total. The summed E-state index contributed by atoms with van der Waals surface area (Å²) in [5.41, 5.74) is 0. The topological polar surface area (TPSA) is 79.9 Å². The summed E-state index contributed by atoms with van der Waals surface area (Å²) in [5.74, 6) is 0.845. The van der Waals surface area contributed by atoms with Crippen LogP contribution in [-0.4, -0.2) is 69.8 Å². The Hall–Kier alpha value is -1.60. The molecule has 322 valence electrons. The molecule has 1 amide bonds. The fourth-order valence-electron chi connectivity index (χ4n) is 6.61. The van der Waals surface area contributed by atoms with E-state index in [1.807, 2.05) is 6.92 Å². The number of carbonyl (C=O) groups is 2. The van der Waals surface area contributed by atoms with Crippen LogP contribution in [0, 0.1) is 0 Å². The third kappa shape index (κ3) is 48.4. The van der Waals surface area contributed by atoms with Crippen LogP contribution in [0.4, 0.5) is 0 Å². The first kappa shape index (κ1) is 54.5. The number of hydrogen-bond donors (Lipinski definition) is 2. The number of allylic oxidation sites excluding steroid dienone is 1. The number of rotatable bonds is 41. The highest BCUT2D eigenvalue weighted by atomic mass is 16.5. The van der Waals surface area contributed by atoms with E-state index in [1.54, 1.807) is 0 Å². The Kier molecular flexibility index (Phi) is 46.2. The van der Waals surface area contributed by atoms with E-state index in [0.717, 1.165) is 57.6 Å². The highest BCUT2D eigenvalue weighted by Crippen LogP contribution is 2.15. The largest absolute Gasteiger partial charge is 0.499 e. The second-order valence-corrected chi connectivity index (χ2v) is 16.1. The number of esters is 1. The van der Waals surface area contributed by atoms with Gasteiger partial charge in [-0.05, 0) is 66.7 Å². The molecule has 0 fully saturated rings. The fourth-order valence-corrected chi connectivity index (χ4v) is 6.61. The number of carbonyl (C=O) groups excluding carboxylic acids is 2. The SMILES string of the molecule is C=C(CCCCCCCCCCCCCCC)OCC.CCCCCCCCCCCCCCCC(=O)OCCNC(=O)CCC(C)NCCCN(C)C. The van der Waals surface area contributed by atoms with Gasteiger partial charge in [-0.25, -0.2) is 0 Å². The molecule has 1 atom stereocenters. The first-order valence-electron chi connectivity index (χ1n) is 23.4. The molecule has 0 spiro atoms. The van der Waals surface area contributed by atoms with Crippen LogP contribution in [-0.2, 0) is 19.1 Å². The van der Waals surface area contributed by atoms with Crippen molar-refractivity contribution >= 4 is 11.9 Å². The Morgan fingerprint density at radius 1 is 0.556 bits per heavy atom. The van der Waals surface area contributed by atoms with E-state index < -0.39 is 0 Å². The van der Waals surface area contributed by atoms with Crippen molar-refractivity contribution in [3.63, 3.8) is 0 Å². The van der Waals surface area contributed by atoms with Crippen LogP contribution in [0.2, 0.25) is 0 Å². The average molecular weight is 766 g/mol. The van der Waals surface area contributed by atoms with Gasteiger partial charge < -0.3 is 25.0 Å². The first-order valence-corrected chi connectivity index (χ1v) is 23.4. The summed E-state index contributed by atoms with van der Waals surface area (Å²) in [6.45, 7) is 16.1. The Morgan fingerprint density at radius 3 is 1.41 bits per heavy atom. The molecule has 0 saturated heterocycles. The number of ether oxygens (including phenoxy) is 2. The smallest absolute Gasteiger partial charge is 0.305 e. The van der Waals surface area contributed by atoms with Gasteiger partial charge in [-0.3, -0.25) is 9.59 Å². The monoisotopic (exact) mass is 766 g/mol. The molecular formula is C47H95N3O4. The van der Waals surface area contributed by atoms with Crippen molar-refractivity contribution in [1.29, 1.82) is 0 Å². The Morgan fingerprint density at radius 2 is 0.981 bits per heavy atom. The fraction of sp³-hybridized carbons (Fsp3) is 0.915. The van der Waals surface area contributed by atoms with Gasteiger partial charge in [0.2, 0.25) is 5.91 Å². The van der Waals surface area contributed by atoms with E-state index in [-0.39, 0.29) is 18.5 Å². The van der Waals surface area contributed by atoms with Gasteiger partial charge >= 0.3 is 5.97 Å². The molecule has 0 rings (SSSR count). The van der Waals surface area contributed by atoms with Crippen molar-refractivity contribution in [2.45, 2.75) is 233 Å². The van der Waals surface area contributed by atoms with Crippen LogP contribution in [0.3, 0.4) is 0 Å². The summed E-state index contributed by atoms with van der Waals surface area (Å²) >= 11 is 0. The van der Waals surface area contributed by atoms with Crippen LogP contribution in [0.5, 0.6) is 0 Å². The van der Waals surface area contributed by atoms with Gasteiger partial charge in [-0.1, -0.05) is 175 Å². The molecule has 2 N–H and O–H groups in total. The van der Waals surface area contributed by atoms with Gasteiger partial charge in [-0.2, -0.15) is 0 Å². The lowest BCUT2D eigenvalue weighted by atomic mass is 10.0. The highest BCUT2D eigenvalue weighted by molar-refractivity contribution is 5.75. The number of amides is 1. The zero-order valence-corrected chi connectivity index (χ0v) is 37.3. The van der Waals surface area contributed by atoms with Crippen molar-refractivity contribution in [3.05, 3.63) is 12.3 Å². The summed E-state index contributed by atoms with van der Waals surface area (Å²) in [4.78, 5) is 25.9. The van der Waals surface area contributed by atoms with E-state index >= 15 is 0 Å². The lowest BCUT2D eigenvalue weighted by Gasteiger charge is -2.15. The Labute approximate surface area is 337 Å². The maximum atomic E-state index is 11.9. The maximum Gasteiger partial charge on any atom is 0.305 e. The molecule has 0 aliphatic heterocycles. The van der Waals surface area contributed by atoms with E-state index in [0.29, 0.717) is 25.4 Å². The minimum atomic E-state index is -0.145. The predicted molar refractivity (Wildman–Crippen MR) is 235 cm³/mol. The zero-order chi connectivity index (χ0) is 40.2. The normalized spacial score (nSPS) is 11.6. The molecule has 7 heteroatoms. The van der Waals surface area contributed by atoms with Crippen LogP contribution >= 0.6 is 0 Å². The molecule has 0 saturated carbocycles. The van der Waals surface area contributed by atoms with E-state index in [1.165, 1.54) is 154 Å². The molecule has 0 aromatic heterocycles. The van der Waals surface area contributed by atoms with Crippen LogP contribution < -0.4 is 10.6 Å². The second-order valence-electron chi connectivity index (χ2n) is 16.1. The first-order chi connectivity index (χ1) is 26.3. The summed E-state index contributed by atoms with van der Waals surface area (Å²) in [6, 6.07) is 0.325. The minimum Gasteiger partial charge on any atom is -0.499 e. The van der Waals surface area contributed by atoms with Crippen LogP contribution in [0.25, 0.3) is 0 Å². The third-order valence-electron chi connectivity index (χ3n) is 10.2. The molecular weight excluding hydrogens is 671 g/mol. The summed E-state index contributed by atoms with van der Waals surface area (Å²) in [7, 11) is 4.15. The van der Waals surface area contributed by atoms with Crippen molar-refractivity contribution < 1.29 is 19.1 Å². The average Bonchev–Trinajstić information content (AvgIpc) is 3.15. The molecule has 0 bridgehead atoms. The predicted octanol–water partition coefficient (Wildman–Crippen LogP) is 12.9. The summed E-state index contributed by atoms with van der Waals surface area (Å²) < 4.78 is 10.6. The number of nitrogens with one attached hydrogen (secondary N) is 2. The van der Waals surface area contributed by atoms with Gasteiger partial charge in [0.1, 0.15) is 6.61 Å². The molecule has 0 heterocycles. The Bertz CT molecular complexity index is 791. The van der Waals surface area contributed by atoms with Gasteiger partial charge in [0.25, 0.3) is 0 Å². The van der Waals surface area contributed by atoms with Crippen molar-refractivity contribution in [2.24, 2.45) is 0 Å². The molecule has 0 aliphatic rings.